The fourth-order valence-electron chi connectivity index (χ4n) is 11.4. The van der Waals surface area contributed by atoms with Gasteiger partial charge in [-0.3, -0.25) is 0 Å². The topological polar surface area (TPSA) is 90.2 Å². The normalized spacial score (nSPS) is 42.7. The Hall–Kier alpha value is -0.980. The molecule has 3 fully saturated rings. The van der Waals surface area contributed by atoms with E-state index in [0.717, 1.165) is 0 Å². The maximum atomic E-state index is 12.4. The monoisotopic (exact) mass is 778 g/mol. The Balaban J connectivity index is 2.73. The van der Waals surface area contributed by atoms with Crippen molar-refractivity contribution < 1.29 is 34.8 Å². The Kier molecular flexibility index (Phi) is 11.0. The molecule has 5 nitrogen and oxygen atoms in total. The van der Waals surface area contributed by atoms with Gasteiger partial charge in [-0.1, -0.05) is 143 Å². The van der Waals surface area contributed by atoms with E-state index in [1.165, 1.54) is 0 Å². The van der Waals surface area contributed by atoms with Crippen LogP contribution in [0.5, 0.6) is 0 Å². The highest BCUT2D eigenvalue weighted by molar-refractivity contribution is 5.51. The fourth-order valence-corrected chi connectivity index (χ4v) is 11.4. The maximum Gasteiger partial charge on any atom is 0.117 e. The van der Waals surface area contributed by atoms with E-state index in [1.54, 1.807) is 40.7 Å². The van der Waals surface area contributed by atoms with E-state index < -0.39 is 98.2 Å². The summed E-state index contributed by atoms with van der Waals surface area (Å²) in [5.41, 5.74) is -9.04. The summed E-state index contributed by atoms with van der Waals surface area (Å²) in [7, 11) is 0. The maximum absolute atomic E-state index is 12.4. The Labute approximate surface area is 350 Å². The van der Waals surface area contributed by atoms with E-state index in [-0.39, 0.29) is 36.2 Å². The molecule has 5 heteroatoms. The van der Waals surface area contributed by atoms with Crippen molar-refractivity contribution >= 4 is 0 Å². The highest BCUT2D eigenvalue weighted by Gasteiger charge is 2.74. The highest BCUT2D eigenvalue weighted by Crippen LogP contribution is 2.80. The van der Waals surface area contributed by atoms with E-state index in [4.69, 9.17) is 4.74 Å². The third kappa shape index (κ3) is 6.94. The van der Waals surface area contributed by atoms with Crippen LogP contribution in [0.15, 0.2) is 34.9 Å². The molecule has 3 rings (SSSR count). The number of fused-ring (bicyclic) bond motifs is 1. The minimum absolute atomic E-state index is 0.0854. The number of hydrogen-bond donors (Lipinski definition) is 4. The van der Waals surface area contributed by atoms with Crippen molar-refractivity contribution in [2.24, 2.45) is 73.8 Å². The smallest absolute Gasteiger partial charge is 0.117 e. The van der Waals surface area contributed by atoms with Crippen molar-refractivity contribution in [3.05, 3.63) is 34.9 Å². The first-order chi connectivity index (χ1) is 27.4. The van der Waals surface area contributed by atoms with Crippen LogP contribution in [0.4, 0.5) is 0 Å². The Morgan fingerprint density at radius 2 is 1.47 bits per heavy atom. The number of rotatable bonds is 14. The van der Waals surface area contributed by atoms with Crippen molar-refractivity contribution in [1.82, 2.24) is 0 Å². The van der Waals surface area contributed by atoms with Crippen LogP contribution in [-0.2, 0) is 4.74 Å². The molecule has 3 unspecified atom stereocenters. The molecule has 10 atom stereocenters. The van der Waals surface area contributed by atoms with Crippen LogP contribution < -0.4 is 0 Å². The molecule has 0 aliphatic heterocycles. The van der Waals surface area contributed by atoms with Gasteiger partial charge in [0.25, 0.3) is 0 Å². The van der Waals surface area contributed by atoms with Gasteiger partial charge in [0, 0.05) is 27.5 Å². The van der Waals surface area contributed by atoms with Gasteiger partial charge < -0.3 is 25.2 Å². The number of allylic oxidation sites excluding steroid dienone is 3. The van der Waals surface area contributed by atoms with Gasteiger partial charge in [0.05, 0.1) is 17.8 Å². The largest absolute Gasteiger partial charge is 0.396 e. The first kappa shape index (κ1) is 38.2. The summed E-state index contributed by atoms with van der Waals surface area (Å²) in [6.07, 6.45) is -5.36. The van der Waals surface area contributed by atoms with Crippen LogP contribution in [0.3, 0.4) is 0 Å². The van der Waals surface area contributed by atoms with E-state index in [2.05, 4.69) is 20.4 Å². The molecule has 0 amide bonds. The molecule has 3 aliphatic carbocycles. The van der Waals surface area contributed by atoms with Crippen LogP contribution in [0.1, 0.15) is 180 Å². The average Bonchev–Trinajstić information content (AvgIpc) is 3.22. The van der Waals surface area contributed by atoms with Crippen molar-refractivity contribution in [1.29, 1.82) is 0 Å². The van der Waals surface area contributed by atoms with E-state index >= 15 is 0 Å². The Bertz CT molecular complexity index is 1770. The van der Waals surface area contributed by atoms with Gasteiger partial charge in [-0.25, -0.2) is 0 Å². The van der Waals surface area contributed by atoms with Gasteiger partial charge in [-0.05, 0) is 125 Å². The summed E-state index contributed by atoms with van der Waals surface area (Å²) < 4.78 is 80.8. The number of aliphatic hydroxyl groups excluding tert-OH is 2. The van der Waals surface area contributed by atoms with Crippen LogP contribution >= 0.6 is 0 Å². The predicted molar refractivity (Wildman–Crippen MR) is 233 cm³/mol. The first-order valence-corrected chi connectivity index (χ1v) is 21.4. The number of ether oxygens (including phenoxy) is 1. The third-order valence-electron chi connectivity index (χ3n) is 17.5. The van der Waals surface area contributed by atoms with Gasteiger partial charge in [-0.2, -0.15) is 0 Å². The lowest BCUT2D eigenvalue weighted by molar-refractivity contribution is -0.217. The highest BCUT2D eigenvalue weighted by atomic mass is 16.5. The Morgan fingerprint density at radius 3 is 1.93 bits per heavy atom. The molecular weight excluding hydrogens is 681 g/mol. The minimum atomic E-state index is -3.07. The molecule has 320 valence electrons. The van der Waals surface area contributed by atoms with Gasteiger partial charge in [0.2, 0.25) is 0 Å². The molecular formula is C50H90O5. The lowest BCUT2D eigenvalue weighted by atomic mass is 9.31. The molecule has 0 spiro atoms. The summed E-state index contributed by atoms with van der Waals surface area (Å²) in [5, 5.41) is 45.7. The first-order valence-electron chi connectivity index (χ1n) is 24.9. The summed E-state index contributed by atoms with van der Waals surface area (Å²) in [4.78, 5) is 0. The number of aliphatic hydroxyl groups is 4. The van der Waals surface area contributed by atoms with Crippen LogP contribution in [-0.4, -0.2) is 57.0 Å². The molecule has 55 heavy (non-hydrogen) atoms. The van der Waals surface area contributed by atoms with Gasteiger partial charge in [0.1, 0.15) is 12.2 Å². The zero-order valence-corrected chi connectivity index (χ0v) is 39.0. The zero-order chi connectivity index (χ0) is 49.2. The standard InChI is InChI=1S/C50H90O5/c1-22-49(54,23-2)35(10)27-34(9)47(20,30(3)4)39-25-24-37-38(43(12,13)45(16,17)46(18,19)50(37,39)31(5)6)26-33(8)40-36(11)41(52)42(55-29-32(7)28-51)48(21,53)44(40,14)15/h26,30-32,34-35,37,39,41-42,51-54H,11,22-25,27-29H2,1-10,12-21H3/b38-26-,40-33+/t32?,34?,35?,37-,39+,41+,42-,47+,48-,50-/m0/s1/i24D2,25D2,31D,37D,39D. The minimum Gasteiger partial charge on any atom is -0.396 e. The molecule has 0 aromatic rings. The molecule has 0 aromatic carbocycles. The average molecular weight is 778 g/mol. The molecule has 0 heterocycles. The summed E-state index contributed by atoms with van der Waals surface area (Å²) in [6, 6.07) is 0. The molecule has 0 saturated heterocycles. The van der Waals surface area contributed by atoms with Gasteiger partial charge >= 0.3 is 0 Å². The molecule has 0 radical (unpaired) electrons. The van der Waals surface area contributed by atoms with Crippen LogP contribution in [0.25, 0.3) is 0 Å². The predicted octanol–water partition coefficient (Wildman–Crippen LogP) is 11.6. The van der Waals surface area contributed by atoms with E-state index in [1.807, 2.05) is 90.0 Å². The van der Waals surface area contributed by atoms with Crippen LogP contribution in [0, 0.1) is 73.8 Å². The Morgan fingerprint density at radius 1 is 0.945 bits per heavy atom. The summed E-state index contributed by atoms with van der Waals surface area (Å²) >= 11 is 0. The second-order valence-corrected chi connectivity index (χ2v) is 21.3. The van der Waals surface area contributed by atoms with Gasteiger partial charge in [-0.15, -0.1) is 0 Å². The SMILES string of the molecule is [2H]C1([2H])C([2H])([2H])[C@@]2([2H])/C(=C/C(C)=C3\C(=C)[C@@H](O)[C@H](OCC(C)CO)[C@](C)(O)C3(C)C)C(C)(C)C(C)(C)C(C)(C)[C@]2(C([2H])(C)C)[C@@]1([2H])[C@](C)(C(C)C)C(C)CC(C)C(O)(CC)CC. The van der Waals surface area contributed by atoms with Crippen molar-refractivity contribution in [3.63, 3.8) is 0 Å². The lowest BCUT2D eigenvalue weighted by Crippen LogP contribution is -2.67. The van der Waals surface area contributed by atoms with Crippen LogP contribution in [0.2, 0.25) is 0 Å². The fraction of sp³-hybridized carbons (Fsp3) is 0.880. The summed E-state index contributed by atoms with van der Waals surface area (Å²) in [5.74, 6) is -8.23. The van der Waals surface area contributed by atoms with E-state index in [9.17, 15) is 30.0 Å². The van der Waals surface area contributed by atoms with Crippen molar-refractivity contribution in [2.45, 2.75) is 194 Å². The molecule has 0 bridgehead atoms. The second kappa shape index (κ2) is 15.9. The molecule has 3 aliphatic rings. The van der Waals surface area contributed by atoms with Gasteiger partial charge in [0.15, 0.2) is 0 Å². The van der Waals surface area contributed by atoms with Crippen molar-refractivity contribution in [2.75, 3.05) is 13.2 Å². The summed E-state index contributed by atoms with van der Waals surface area (Å²) in [6.45, 7) is 42.0. The van der Waals surface area contributed by atoms with E-state index in [0.29, 0.717) is 30.4 Å². The molecule has 4 N–H and O–H groups in total. The van der Waals surface area contributed by atoms with Crippen molar-refractivity contribution in [3.8, 4) is 0 Å². The zero-order valence-electron chi connectivity index (χ0n) is 46.0. The second-order valence-electron chi connectivity index (χ2n) is 21.3. The number of hydrogen-bond acceptors (Lipinski definition) is 5. The third-order valence-corrected chi connectivity index (χ3v) is 17.5. The molecule has 3 saturated carbocycles. The quantitative estimate of drug-likeness (QED) is 0.141. The molecule has 0 aromatic heterocycles. The lowest BCUT2D eigenvalue weighted by Gasteiger charge is -2.72.